The van der Waals surface area contributed by atoms with E-state index >= 15 is 0 Å². The van der Waals surface area contributed by atoms with Gasteiger partial charge in [0.1, 0.15) is 0 Å². The minimum Gasteiger partial charge on any atom is -0.396 e. The van der Waals surface area contributed by atoms with Crippen LogP contribution in [-0.2, 0) is 4.74 Å². The molecule has 0 saturated carbocycles. The van der Waals surface area contributed by atoms with E-state index in [4.69, 9.17) is 9.84 Å². The van der Waals surface area contributed by atoms with E-state index in [1.54, 1.807) is 0 Å². The first kappa shape index (κ1) is 4.09. The number of aliphatic hydroxyl groups is 1. The first-order chi connectivity index (χ1) is 2.93. The fourth-order valence-electron chi connectivity index (χ4n) is 0.379. The van der Waals surface area contributed by atoms with Crippen LogP contribution in [0.15, 0.2) is 0 Å². The standard InChI is InChI=1S/C4H8O2/c5-2-1-4-3-6-4/h4-5H,1-3H2. The average molecular weight is 88.1 g/mol. The Labute approximate surface area is 36.7 Å². The molecule has 6 heavy (non-hydrogen) atoms. The Morgan fingerprint density at radius 2 is 2.50 bits per heavy atom. The highest BCUT2D eigenvalue weighted by Crippen LogP contribution is 2.11. The highest BCUT2D eigenvalue weighted by molar-refractivity contribution is 4.66. The van der Waals surface area contributed by atoms with Gasteiger partial charge >= 0.3 is 0 Å². The molecule has 2 heteroatoms. The summed E-state index contributed by atoms with van der Waals surface area (Å²) < 4.78 is 4.79. The van der Waals surface area contributed by atoms with Crippen molar-refractivity contribution >= 4 is 0 Å². The van der Waals surface area contributed by atoms with Gasteiger partial charge in [-0.05, 0) is 6.42 Å². The first-order valence-electron chi connectivity index (χ1n) is 2.16. The Hall–Kier alpha value is -0.0800. The Bertz CT molecular complexity index is 40.8. The highest BCUT2D eigenvalue weighted by Gasteiger charge is 2.20. The van der Waals surface area contributed by atoms with Crippen LogP contribution >= 0.6 is 0 Å². The van der Waals surface area contributed by atoms with Crippen molar-refractivity contribution in [3.8, 4) is 0 Å². The molecule has 0 aromatic carbocycles. The van der Waals surface area contributed by atoms with Crippen molar-refractivity contribution < 1.29 is 9.84 Å². The molecule has 0 bridgehead atoms. The highest BCUT2D eigenvalue weighted by atomic mass is 16.6. The Balaban J connectivity index is 1.88. The van der Waals surface area contributed by atoms with Crippen LogP contribution in [0.25, 0.3) is 0 Å². The van der Waals surface area contributed by atoms with Crippen molar-refractivity contribution in [2.75, 3.05) is 13.2 Å². The summed E-state index contributed by atoms with van der Waals surface area (Å²) in [5, 5.41) is 8.20. The normalized spacial score (nSPS) is 30.5. The van der Waals surface area contributed by atoms with Crippen molar-refractivity contribution in [1.82, 2.24) is 0 Å². The summed E-state index contributed by atoms with van der Waals surface area (Å²) in [5.74, 6) is 0. The van der Waals surface area contributed by atoms with Crippen molar-refractivity contribution in [3.05, 3.63) is 0 Å². The predicted molar refractivity (Wildman–Crippen MR) is 21.4 cm³/mol. The number of epoxide rings is 1. The number of aliphatic hydroxyl groups excluding tert-OH is 1. The van der Waals surface area contributed by atoms with Gasteiger partial charge < -0.3 is 9.84 Å². The molecule has 1 aliphatic heterocycles. The molecule has 0 aliphatic carbocycles. The maximum Gasteiger partial charge on any atom is 0.0831 e. The van der Waals surface area contributed by atoms with E-state index in [-0.39, 0.29) is 6.61 Å². The minimum absolute atomic E-state index is 0.269. The average Bonchev–Trinajstić information content (AvgIpc) is 2.21. The molecule has 0 amide bonds. The van der Waals surface area contributed by atoms with Crippen molar-refractivity contribution in [2.45, 2.75) is 12.5 Å². The second-order valence-electron chi connectivity index (χ2n) is 1.47. The third-order valence-electron chi connectivity index (χ3n) is 0.853. The van der Waals surface area contributed by atoms with E-state index in [1.807, 2.05) is 0 Å². The van der Waals surface area contributed by atoms with Gasteiger partial charge in [0.2, 0.25) is 0 Å². The van der Waals surface area contributed by atoms with Gasteiger partial charge in [-0.15, -0.1) is 0 Å². The fraction of sp³-hybridized carbons (Fsp3) is 1.00. The van der Waals surface area contributed by atoms with Crippen LogP contribution in [0, 0.1) is 0 Å². The van der Waals surface area contributed by atoms with Crippen molar-refractivity contribution in [1.29, 1.82) is 0 Å². The van der Waals surface area contributed by atoms with Gasteiger partial charge in [-0.1, -0.05) is 0 Å². The van der Waals surface area contributed by atoms with Crippen LogP contribution in [0.4, 0.5) is 0 Å². The molecule has 1 rings (SSSR count). The molecule has 2 nitrogen and oxygen atoms in total. The first-order valence-corrected chi connectivity index (χ1v) is 2.16. The molecule has 0 aromatic rings. The molecule has 0 aromatic heterocycles. The lowest BCUT2D eigenvalue weighted by molar-refractivity contribution is 0.264. The van der Waals surface area contributed by atoms with Crippen LogP contribution in [0.3, 0.4) is 0 Å². The quantitative estimate of drug-likeness (QED) is 0.473. The molecular formula is C4H8O2. The summed E-state index contributed by atoms with van der Waals surface area (Å²) in [4.78, 5) is 0. The molecule has 1 fully saturated rings. The zero-order valence-corrected chi connectivity index (χ0v) is 3.55. The van der Waals surface area contributed by atoms with Crippen LogP contribution in [0.2, 0.25) is 0 Å². The number of hydrogen-bond donors (Lipinski definition) is 1. The maximum atomic E-state index is 8.20. The lowest BCUT2D eigenvalue weighted by Crippen LogP contribution is -1.88. The Morgan fingerprint density at radius 3 is 2.67 bits per heavy atom. The topological polar surface area (TPSA) is 32.8 Å². The van der Waals surface area contributed by atoms with Crippen LogP contribution < -0.4 is 0 Å². The minimum atomic E-state index is 0.269. The maximum absolute atomic E-state index is 8.20. The molecule has 1 saturated heterocycles. The third-order valence-corrected chi connectivity index (χ3v) is 0.853. The van der Waals surface area contributed by atoms with E-state index in [9.17, 15) is 0 Å². The van der Waals surface area contributed by atoms with Crippen molar-refractivity contribution in [2.24, 2.45) is 0 Å². The molecule has 0 radical (unpaired) electrons. The molecule has 36 valence electrons. The van der Waals surface area contributed by atoms with E-state index in [2.05, 4.69) is 0 Å². The summed E-state index contributed by atoms with van der Waals surface area (Å²) >= 11 is 0. The smallest absolute Gasteiger partial charge is 0.0831 e. The molecule has 1 N–H and O–H groups in total. The SMILES string of the molecule is OCCC1CO1. The summed E-state index contributed by atoms with van der Waals surface area (Å²) in [6, 6.07) is 0. The zero-order valence-electron chi connectivity index (χ0n) is 3.55. The van der Waals surface area contributed by atoms with Gasteiger partial charge in [-0.25, -0.2) is 0 Å². The summed E-state index contributed by atoms with van der Waals surface area (Å²) in [5.41, 5.74) is 0. The number of rotatable bonds is 2. The third kappa shape index (κ3) is 0.954. The lowest BCUT2D eigenvalue weighted by atomic mass is 10.4. The second kappa shape index (κ2) is 1.58. The predicted octanol–water partition coefficient (Wildman–Crippen LogP) is -0.232. The van der Waals surface area contributed by atoms with Gasteiger partial charge in [0.05, 0.1) is 12.7 Å². The second-order valence-corrected chi connectivity index (χ2v) is 1.47. The number of ether oxygens (including phenoxy) is 1. The Morgan fingerprint density at radius 1 is 1.83 bits per heavy atom. The van der Waals surface area contributed by atoms with Gasteiger partial charge in [0.15, 0.2) is 0 Å². The van der Waals surface area contributed by atoms with Crippen LogP contribution in [-0.4, -0.2) is 24.4 Å². The monoisotopic (exact) mass is 88.1 g/mol. The molecule has 1 unspecified atom stereocenters. The van der Waals surface area contributed by atoms with E-state index in [1.165, 1.54) is 0 Å². The van der Waals surface area contributed by atoms with Crippen LogP contribution in [0.1, 0.15) is 6.42 Å². The van der Waals surface area contributed by atoms with E-state index in [0.29, 0.717) is 6.10 Å². The largest absolute Gasteiger partial charge is 0.396 e. The van der Waals surface area contributed by atoms with E-state index < -0.39 is 0 Å². The fourth-order valence-corrected chi connectivity index (χ4v) is 0.379. The zero-order chi connectivity index (χ0) is 4.41. The summed E-state index contributed by atoms with van der Waals surface area (Å²) in [7, 11) is 0. The van der Waals surface area contributed by atoms with Gasteiger partial charge in [0, 0.05) is 6.61 Å². The molecule has 1 atom stereocenters. The summed E-state index contributed by atoms with van der Waals surface area (Å²) in [6.07, 6.45) is 1.22. The lowest BCUT2D eigenvalue weighted by Gasteiger charge is -1.80. The van der Waals surface area contributed by atoms with Gasteiger partial charge in [-0.3, -0.25) is 0 Å². The Kier molecular flexibility index (Phi) is 1.08. The van der Waals surface area contributed by atoms with E-state index in [0.717, 1.165) is 13.0 Å². The summed E-state index contributed by atoms with van der Waals surface area (Å²) in [6.45, 7) is 1.13. The van der Waals surface area contributed by atoms with Gasteiger partial charge in [-0.2, -0.15) is 0 Å². The number of hydrogen-bond acceptors (Lipinski definition) is 2. The van der Waals surface area contributed by atoms with Gasteiger partial charge in [0.25, 0.3) is 0 Å². The molecule has 1 aliphatic rings. The molecule has 0 spiro atoms. The van der Waals surface area contributed by atoms with Crippen LogP contribution in [0.5, 0.6) is 0 Å². The van der Waals surface area contributed by atoms with Crippen molar-refractivity contribution in [3.63, 3.8) is 0 Å². The molecule has 1 heterocycles. The molecular weight excluding hydrogens is 80.0 g/mol.